The minimum atomic E-state index is -0.434. The maximum Gasteiger partial charge on any atom is 0.252 e. The molecule has 31 heavy (non-hydrogen) atoms. The van der Waals surface area contributed by atoms with Gasteiger partial charge >= 0.3 is 0 Å². The van der Waals surface area contributed by atoms with E-state index in [1.54, 1.807) is 10.6 Å². The first kappa shape index (κ1) is 20.1. The summed E-state index contributed by atoms with van der Waals surface area (Å²) < 4.78 is 21.0. The summed E-state index contributed by atoms with van der Waals surface area (Å²) in [5, 5.41) is 3.60. The van der Waals surface area contributed by atoms with Gasteiger partial charge in [0.2, 0.25) is 0 Å². The highest BCUT2D eigenvalue weighted by molar-refractivity contribution is 5.74. The molecule has 3 aromatic heterocycles. The van der Waals surface area contributed by atoms with Crippen molar-refractivity contribution in [1.82, 2.24) is 24.8 Å². The molecular formula is C23H26FN5O2. The molecule has 3 aromatic rings. The third-order valence-corrected chi connectivity index (χ3v) is 6.15. The van der Waals surface area contributed by atoms with Gasteiger partial charge in [-0.1, -0.05) is 0 Å². The Kier molecular flexibility index (Phi) is 5.65. The van der Waals surface area contributed by atoms with Crippen molar-refractivity contribution in [3.63, 3.8) is 0 Å². The fraction of sp³-hybridized carbons (Fsp3) is 0.435. The summed E-state index contributed by atoms with van der Waals surface area (Å²) in [6.45, 7) is 3.67. The highest BCUT2D eigenvalue weighted by Gasteiger charge is 2.20. The quantitative estimate of drug-likeness (QED) is 0.680. The number of halogens is 1. The van der Waals surface area contributed by atoms with E-state index >= 15 is 0 Å². The Labute approximate surface area is 179 Å². The molecule has 0 saturated carbocycles. The van der Waals surface area contributed by atoms with E-state index < -0.39 is 5.82 Å². The van der Waals surface area contributed by atoms with Crippen LogP contribution in [-0.4, -0.2) is 45.2 Å². The maximum atomic E-state index is 13.7. The van der Waals surface area contributed by atoms with Gasteiger partial charge in [-0.15, -0.1) is 0 Å². The second-order valence-corrected chi connectivity index (χ2v) is 8.31. The van der Waals surface area contributed by atoms with Gasteiger partial charge in [-0.05, 0) is 31.7 Å². The van der Waals surface area contributed by atoms with Gasteiger partial charge in [0.05, 0.1) is 36.2 Å². The van der Waals surface area contributed by atoms with E-state index in [0.29, 0.717) is 23.7 Å². The average molecular weight is 423 g/mol. The molecule has 0 aromatic carbocycles. The van der Waals surface area contributed by atoms with E-state index in [9.17, 15) is 9.18 Å². The number of aromatic nitrogens is 3. The van der Waals surface area contributed by atoms with Crippen molar-refractivity contribution in [2.75, 3.05) is 19.7 Å². The monoisotopic (exact) mass is 423 g/mol. The number of pyridine rings is 3. The summed E-state index contributed by atoms with van der Waals surface area (Å²) in [6, 6.07) is 6.98. The third-order valence-electron chi connectivity index (χ3n) is 6.15. The number of fused-ring (bicyclic) bond motifs is 2. The van der Waals surface area contributed by atoms with Crippen LogP contribution in [0.25, 0.3) is 11.0 Å². The molecular weight excluding hydrogens is 397 g/mol. The summed E-state index contributed by atoms with van der Waals surface area (Å²) in [4.78, 5) is 23.3. The molecule has 162 valence electrons. The molecule has 8 heteroatoms. The van der Waals surface area contributed by atoms with Crippen LogP contribution in [0.3, 0.4) is 0 Å². The van der Waals surface area contributed by atoms with E-state index in [1.165, 1.54) is 23.9 Å². The van der Waals surface area contributed by atoms with Crippen molar-refractivity contribution in [2.45, 2.75) is 44.9 Å². The first-order valence-corrected chi connectivity index (χ1v) is 10.9. The van der Waals surface area contributed by atoms with Crippen molar-refractivity contribution in [1.29, 1.82) is 0 Å². The molecule has 0 bridgehead atoms. The number of nitrogens with one attached hydrogen (secondary N) is 1. The van der Waals surface area contributed by atoms with Crippen LogP contribution in [0.15, 0.2) is 41.5 Å². The zero-order chi connectivity index (χ0) is 21.2. The predicted molar refractivity (Wildman–Crippen MR) is 115 cm³/mol. The summed E-state index contributed by atoms with van der Waals surface area (Å²) >= 11 is 0. The number of ether oxygens (including phenoxy) is 1. The number of hydrogen-bond donors (Lipinski definition) is 1. The summed E-state index contributed by atoms with van der Waals surface area (Å²) in [5.41, 5.74) is 3.22. The van der Waals surface area contributed by atoms with E-state index in [0.717, 1.165) is 63.4 Å². The van der Waals surface area contributed by atoms with Gasteiger partial charge in [-0.25, -0.2) is 4.39 Å². The molecule has 1 N–H and O–H groups in total. The molecule has 0 unspecified atom stereocenters. The second kappa shape index (κ2) is 8.72. The van der Waals surface area contributed by atoms with Gasteiger partial charge in [0.25, 0.3) is 5.56 Å². The summed E-state index contributed by atoms with van der Waals surface area (Å²) in [6.07, 6.45) is 7.17. The zero-order valence-electron chi connectivity index (χ0n) is 17.4. The highest BCUT2D eigenvalue weighted by atomic mass is 19.1. The Morgan fingerprint density at radius 1 is 1.16 bits per heavy atom. The average Bonchev–Trinajstić information content (AvgIpc) is 2.80. The normalized spacial score (nSPS) is 17.5. The molecule has 5 rings (SSSR count). The fourth-order valence-corrected chi connectivity index (χ4v) is 4.39. The summed E-state index contributed by atoms with van der Waals surface area (Å²) in [7, 11) is 0. The number of piperidine rings is 1. The first-order chi connectivity index (χ1) is 15.2. The van der Waals surface area contributed by atoms with Crippen molar-refractivity contribution < 1.29 is 9.13 Å². The molecule has 0 radical (unpaired) electrons. The molecule has 1 saturated heterocycles. The number of rotatable bonds is 5. The molecule has 0 atom stereocenters. The molecule has 2 aliphatic rings. The lowest BCUT2D eigenvalue weighted by atomic mass is 10.0. The van der Waals surface area contributed by atoms with Crippen LogP contribution in [0.5, 0.6) is 5.75 Å². The Bertz CT molecular complexity index is 1140. The lowest BCUT2D eigenvalue weighted by molar-refractivity contribution is 0.159. The van der Waals surface area contributed by atoms with E-state index in [4.69, 9.17) is 4.74 Å². The standard InChI is InChI=1S/C23H26FN5O2/c24-17-10-21-20(27-13-17)3-4-23(30)29(21)15-28-7-5-18(6-8-28)26-14-19-11-22-16(12-25-19)2-1-9-31-22/h3-4,10-13,18,26H,1-2,5-9,14-15H2. The zero-order valence-corrected chi connectivity index (χ0v) is 17.4. The van der Waals surface area contributed by atoms with Crippen LogP contribution in [-0.2, 0) is 19.6 Å². The Hall–Kier alpha value is -2.84. The maximum absolute atomic E-state index is 13.7. The van der Waals surface area contributed by atoms with Gasteiger partial charge in [0, 0.05) is 55.6 Å². The van der Waals surface area contributed by atoms with Crippen LogP contribution in [0.1, 0.15) is 30.5 Å². The molecule has 5 heterocycles. The van der Waals surface area contributed by atoms with Crippen LogP contribution in [0.4, 0.5) is 4.39 Å². The van der Waals surface area contributed by atoms with Crippen LogP contribution in [0, 0.1) is 5.82 Å². The molecule has 0 amide bonds. The van der Waals surface area contributed by atoms with E-state index in [2.05, 4.69) is 26.3 Å². The summed E-state index contributed by atoms with van der Waals surface area (Å²) in [5.74, 6) is 0.537. The Morgan fingerprint density at radius 3 is 2.90 bits per heavy atom. The Balaban J connectivity index is 1.18. The van der Waals surface area contributed by atoms with Crippen molar-refractivity contribution in [2.24, 2.45) is 0 Å². The minimum absolute atomic E-state index is 0.138. The SMILES string of the molecule is O=c1ccc2ncc(F)cc2n1CN1CCC(NCc2cc3c(cn2)CCCO3)CC1. The first-order valence-electron chi connectivity index (χ1n) is 10.9. The smallest absolute Gasteiger partial charge is 0.252 e. The van der Waals surface area contributed by atoms with Gasteiger partial charge in [-0.3, -0.25) is 24.2 Å². The van der Waals surface area contributed by atoms with Crippen molar-refractivity contribution in [3.05, 3.63) is 64.1 Å². The van der Waals surface area contributed by atoms with E-state index in [1.807, 2.05) is 6.20 Å². The third kappa shape index (κ3) is 4.45. The molecule has 7 nitrogen and oxygen atoms in total. The minimum Gasteiger partial charge on any atom is -0.493 e. The molecule has 0 aliphatic carbocycles. The lowest BCUT2D eigenvalue weighted by Gasteiger charge is -2.33. The number of nitrogens with zero attached hydrogens (tertiary/aromatic N) is 4. The molecule has 0 spiro atoms. The predicted octanol–water partition coefficient (Wildman–Crippen LogP) is 2.47. The van der Waals surface area contributed by atoms with Crippen molar-refractivity contribution >= 4 is 11.0 Å². The molecule has 2 aliphatic heterocycles. The van der Waals surface area contributed by atoms with Gasteiger partial charge in [-0.2, -0.15) is 0 Å². The van der Waals surface area contributed by atoms with Gasteiger partial charge in [0.15, 0.2) is 0 Å². The fourth-order valence-electron chi connectivity index (χ4n) is 4.39. The lowest BCUT2D eigenvalue weighted by Crippen LogP contribution is -2.44. The number of hydrogen-bond acceptors (Lipinski definition) is 6. The largest absolute Gasteiger partial charge is 0.493 e. The second-order valence-electron chi connectivity index (χ2n) is 8.31. The van der Waals surface area contributed by atoms with Crippen LogP contribution in [0.2, 0.25) is 0 Å². The Morgan fingerprint density at radius 2 is 2.03 bits per heavy atom. The number of likely N-dealkylation sites (tertiary alicyclic amines) is 1. The van der Waals surface area contributed by atoms with Crippen LogP contribution < -0.4 is 15.6 Å². The van der Waals surface area contributed by atoms with Gasteiger partial charge < -0.3 is 10.1 Å². The van der Waals surface area contributed by atoms with Crippen LogP contribution >= 0.6 is 0 Å². The highest BCUT2D eigenvalue weighted by Crippen LogP contribution is 2.24. The molecule has 1 fully saturated rings. The number of aryl methyl sites for hydroxylation is 1. The van der Waals surface area contributed by atoms with Gasteiger partial charge in [0.1, 0.15) is 11.6 Å². The topological polar surface area (TPSA) is 72.3 Å². The van der Waals surface area contributed by atoms with Crippen molar-refractivity contribution in [3.8, 4) is 5.75 Å². The van der Waals surface area contributed by atoms with E-state index in [-0.39, 0.29) is 5.56 Å².